The van der Waals surface area contributed by atoms with Crippen LogP contribution in [0.4, 0.5) is 0 Å². The van der Waals surface area contributed by atoms with Crippen molar-refractivity contribution in [3.05, 3.63) is 36.3 Å². The molecular weight excluding hydrogens is 202 g/mol. The number of pyridine rings is 1. The molecule has 2 heterocycles. The first-order valence-corrected chi connectivity index (χ1v) is 5.52. The summed E-state index contributed by atoms with van der Waals surface area (Å²) in [6.45, 7) is 2.09. The predicted octanol–water partition coefficient (Wildman–Crippen LogP) is 1.15. The molecule has 2 rings (SSSR count). The van der Waals surface area contributed by atoms with Gasteiger partial charge in [0, 0.05) is 31.0 Å². The van der Waals surface area contributed by atoms with Crippen LogP contribution in [0.3, 0.4) is 0 Å². The number of rotatable bonds is 4. The van der Waals surface area contributed by atoms with Crippen molar-refractivity contribution in [2.45, 2.75) is 25.3 Å². The number of aliphatic hydroxyl groups excluding tert-OH is 1. The molecule has 2 atom stereocenters. The summed E-state index contributed by atoms with van der Waals surface area (Å²) in [5, 5.41) is 9.03. The average molecular weight is 219 g/mol. The molecule has 4 nitrogen and oxygen atoms in total. The normalized spacial score (nSPS) is 15.2. The fourth-order valence-electron chi connectivity index (χ4n) is 1.95. The van der Waals surface area contributed by atoms with Crippen molar-refractivity contribution in [2.75, 3.05) is 6.61 Å². The van der Waals surface area contributed by atoms with Gasteiger partial charge in [0.2, 0.25) is 0 Å². The van der Waals surface area contributed by atoms with Gasteiger partial charge in [-0.25, -0.2) is 4.98 Å². The smallest absolute Gasteiger partial charge is 0.136 e. The van der Waals surface area contributed by atoms with Gasteiger partial charge in [-0.3, -0.25) is 0 Å². The van der Waals surface area contributed by atoms with E-state index in [0.29, 0.717) is 6.42 Å². The molecule has 16 heavy (non-hydrogen) atoms. The predicted molar refractivity (Wildman–Crippen MR) is 63.3 cm³/mol. The number of hydrogen-bond acceptors (Lipinski definition) is 3. The first-order valence-electron chi connectivity index (χ1n) is 5.52. The van der Waals surface area contributed by atoms with Crippen LogP contribution in [0.2, 0.25) is 0 Å². The second-order valence-electron chi connectivity index (χ2n) is 4.11. The van der Waals surface area contributed by atoms with Crippen LogP contribution in [0.15, 0.2) is 30.6 Å². The van der Waals surface area contributed by atoms with E-state index in [1.165, 1.54) is 0 Å². The zero-order valence-electron chi connectivity index (χ0n) is 9.37. The number of imidazole rings is 1. The molecule has 2 aromatic heterocycles. The fraction of sp³-hybridized carbons (Fsp3) is 0.417. The third-order valence-corrected chi connectivity index (χ3v) is 2.84. The van der Waals surface area contributed by atoms with Crippen LogP contribution in [-0.4, -0.2) is 27.1 Å². The molecule has 86 valence electrons. The van der Waals surface area contributed by atoms with Crippen LogP contribution in [0.25, 0.3) is 5.65 Å². The second kappa shape index (κ2) is 4.63. The maximum absolute atomic E-state index is 9.03. The quantitative estimate of drug-likeness (QED) is 0.810. The lowest BCUT2D eigenvalue weighted by Crippen LogP contribution is -2.25. The van der Waals surface area contributed by atoms with Crippen molar-refractivity contribution in [2.24, 2.45) is 5.73 Å². The maximum atomic E-state index is 9.03. The summed E-state index contributed by atoms with van der Waals surface area (Å²) in [5.74, 6) is 0.116. The number of hydrogen-bond donors (Lipinski definition) is 2. The van der Waals surface area contributed by atoms with E-state index in [1.54, 1.807) is 0 Å². The Morgan fingerprint density at radius 3 is 2.94 bits per heavy atom. The van der Waals surface area contributed by atoms with Gasteiger partial charge in [-0.15, -0.1) is 0 Å². The lowest BCUT2D eigenvalue weighted by atomic mass is 9.95. The van der Waals surface area contributed by atoms with E-state index in [9.17, 15) is 0 Å². The molecular formula is C12H17N3O. The van der Waals surface area contributed by atoms with E-state index in [-0.39, 0.29) is 18.6 Å². The highest BCUT2D eigenvalue weighted by Gasteiger charge is 2.18. The standard InChI is InChI=1S/C12H17N3O/c1-9(13)10(5-7-16)11-8-15-6-3-2-4-12(15)14-11/h2-4,6,8-10,16H,5,7,13H2,1H3. The van der Waals surface area contributed by atoms with Gasteiger partial charge >= 0.3 is 0 Å². The molecule has 0 saturated heterocycles. The van der Waals surface area contributed by atoms with Gasteiger partial charge in [-0.1, -0.05) is 6.07 Å². The number of fused-ring (bicyclic) bond motifs is 1. The topological polar surface area (TPSA) is 63.5 Å². The van der Waals surface area contributed by atoms with Gasteiger partial charge in [-0.05, 0) is 25.5 Å². The van der Waals surface area contributed by atoms with Crippen molar-refractivity contribution in [3.63, 3.8) is 0 Å². The molecule has 2 unspecified atom stereocenters. The Morgan fingerprint density at radius 1 is 1.50 bits per heavy atom. The molecule has 0 saturated carbocycles. The minimum atomic E-state index is -0.00272. The Hall–Kier alpha value is -1.39. The average Bonchev–Trinajstić information content (AvgIpc) is 2.68. The van der Waals surface area contributed by atoms with Crippen molar-refractivity contribution >= 4 is 5.65 Å². The molecule has 0 radical (unpaired) electrons. The summed E-state index contributed by atoms with van der Waals surface area (Å²) >= 11 is 0. The molecule has 0 bridgehead atoms. The zero-order chi connectivity index (χ0) is 11.5. The number of aliphatic hydroxyl groups is 1. The highest BCUT2D eigenvalue weighted by atomic mass is 16.3. The molecule has 0 aliphatic carbocycles. The largest absolute Gasteiger partial charge is 0.396 e. The van der Waals surface area contributed by atoms with Crippen molar-refractivity contribution in [3.8, 4) is 0 Å². The minimum absolute atomic E-state index is 0.00272. The summed E-state index contributed by atoms with van der Waals surface area (Å²) < 4.78 is 1.97. The fourth-order valence-corrected chi connectivity index (χ4v) is 1.95. The van der Waals surface area contributed by atoms with Gasteiger partial charge in [0.15, 0.2) is 0 Å². The Labute approximate surface area is 94.7 Å². The van der Waals surface area contributed by atoms with E-state index in [2.05, 4.69) is 4.98 Å². The van der Waals surface area contributed by atoms with E-state index in [0.717, 1.165) is 11.3 Å². The van der Waals surface area contributed by atoms with Crippen LogP contribution in [0.1, 0.15) is 25.0 Å². The summed E-state index contributed by atoms with van der Waals surface area (Å²) in [4.78, 5) is 4.52. The Bertz CT molecular complexity index is 431. The lowest BCUT2D eigenvalue weighted by molar-refractivity contribution is 0.268. The van der Waals surface area contributed by atoms with Crippen molar-refractivity contribution in [1.29, 1.82) is 0 Å². The van der Waals surface area contributed by atoms with E-state index < -0.39 is 0 Å². The first kappa shape index (κ1) is 11.1. The van der Waals surface area contributed by atoms with Crippen molar-refractivity contribution in [1.82, 2.24) is 9.38 Å². The zero-order valence-corrected chi connectivity index (χ0v) is 9.37. The molecule has 3 N–H and O–H groups in total. The third kappa shape index (κ3) is 2.08. The Kier molecular flexibility index (Phi) is 3.22. The van der Waals surface area contributed by atoms with Crippen LogP contribution in [0, 0.1) is 0 Å². The number of nitrogens with zero attached hydrogens (tertiary/aromatic N) is 2. The molecule has 0 aliphatic heterocycles. The summed E-state index contributed by atoms with van der Waals surface area (Å²) in [5.41, 5.74) is 7.79. The SMILES string of the molecule is CC(N)C(CCO)c1cn2ccccc2n1. The van der Waals surface area contributed by atoms with Gasteiger partial charge in [-0.2, -0.15) is 0 Å². The summed E-state index contributed by atoms with van der Waals surface area (Å²) in [6, 6.07) is 5.88. The monoisotopic (exact) mass is 219 g/mol. The van der Waals surface area contributed by atoms with Crippen LogP contribution in [0.5, 0.6) is 0 Å². The molecule has 0 aliphatic rings. The van der Waals surface area contributed by atoms with Crippen LogP contribution < -0.4 is 5.73 Å². The van der Waals surface area contributed by atoms with E-state index >= 15 is 0 Å². The van der Waals surface area contributed by atoms with Crippen LogP contribution in [-0.2, 0) is 0 Å². The molecule has 4 heteroatoms. The summed E-state index contributed by atoms with van der Waals surface area (Å²) in [7, 11) is 0. The molecule has 0 amide bonds. The van der Waals surface area contributed by atoms with E-state index in [4.69, 9.17) is 10.8 Å². The van der Waals surface area contributed by atoms with Gasteiger partial charge in [0.1, 0.15) is 5.65 Å². The highest BCUT2D eigenvalue weighted by Crippen LogP contribution is 2.21. The minimum Gasteiger partial charge on any atom is -0.396 e. The number of nitrogens with two attached hydrogens (primary N) is 1. The Morgan fingerprint density at radius 2 is 2.31 bits per heavy atom. The summed E-state index contributed by atoms with van der Waals surface area (Å²) in [6.07, 6.45) is 4.60. The second-order valence-corrected chi connectivity index (χ2v) is 4.11. The van der Waals surface area contributed by atoms with Gasteiger partial charge < -0.3 is 15.2 Å². The molecule has 0 spiro atoms. The maximum Gasteiger partial charge on any atom is 0.136 e. The number of aromatic nitrogens is 2. The highest BCUT2D eigenvalue weighted by molar-refractivity contribution is 5.40. The molecule has 0 aromatic carbocycles. The lowest BCUT2D eigenvalue weighted by Gasteiger charge is -2.16. The van der Waals surface area contributed by atoms with Gasteiger partial charge in [0.25, 0.3) is 0 Å². The molecule has 0 fully saturated rings. The van der Waals surface area contributed by atoms with Crippen molar-refractivity contribution < 1.29 is 5.11 Å². The third-order valence-electron chi connectivity index (χ3n) is 2.84. The first-order chi connectivity index (χ1) is 7.72. The van der Waals surface area contributed by atoms with Gasteiger partial charge in [0.05, 0.1) is 5.69 Å². The van der Waals surface area contributed by atoms with E-state index in [1.807, 2.05) is 41.9 Å². The van der Waals surface area contributed by atoms with Crippen LogP contribution >= 0.6 is 0 Å². The Balaban J connectivity index is 2.37. The molecule has 2 aromatic rings.